The molecule has 45 heavy (non-hydrogen) atoms. The molecule has 10 atom stereocenters. The van der Waals surface area contributed by atoms with Crippen LogP contribution in [0.1, 0.15) is 13.8 Å². The predicted octanol–water partition coefficient (Wildman–Crippen LogP) is -1.17. The van der Waals surface area contributed by atoms with Crippen LogP contribution >= 0.6 is 0 Å². The van der Waals surface area contributed by atoms with E-state index in [1.165, 1.54) is 37.3 Å². The number of hydrogen-bond acceptors (Lipinski definition) is 16. The number of ether oxygens (including phenoxy) is 5. The van der Waals surface area contributed by atoms with Crippen LogP contribution in [0.3, 0.4) is 0 Å². The molecule has 1 aromatic heterocycles. The van der Waals surface area contributed by atoms with Gasteiger partial charge < -0.3 is 69.0 Å². The minimum absolute atomic E-state index is 0.123. The number of aromatic hydroxyl groups is 2. The van der Waals surface area contributed by atoms with Crippen molar-refractivity contribution in [1.82, 2.24) is 0 Å². The molecule has 2 aliphatic rings. The van der Waals surface area contributed by atoms with Gasteiger partial charge in [0.2, 0.25) is 23.8 Å². The monoisotopic (exact) mass is 636 g/mol. The lowest BCUT2D eigenvalue weighted by Gasteiger charge is -2.39. The van der Waals surface area contributed by atoms with Crippen LogP contribution in [0.4, 0.5) is 0 Å². The van der Waals surface area contributed by atoms with Crippen LogP contribution < -0.4 is 14.9 Å². The highest BCUT2D eigenvalue weighted by atomic mass is 16.7. The second-order valence-corrected chi connectivity index (χ2v) is 10.7. The summed E-state index contributed by atoms with van der Waals surface area (Å²) < 4.78 is 33.1. The average molecular weight is 637 g/mol. The fraction of sp³-hybridized carbons (Fsp3) is 0.448. The van der Waals surface area contributed by atoms with Crippen LogP contribution in [0, 0.1) is 0 Å². The van der Waals surface area contributed by atoms with Crippen LogP contribution in [-0.2, 0) is 19.0 Å². The highest BCUT2D eigenvalue weighted by Crippen LogP contribution is 2.38. The molecule has 8 N–H and O–H groups in total. The Labute approximate surface area is 253 Å². The van der Waals surface area contributed by atoms with E-state index in [-0.39, 0.29) is 28.4 Å². The zero-order valence-electron chi connectivity index (χ0n) is 23.8. The van der Waals surface area contributed by atoms with Crippen molar-refractivity contribution in [2.24, 2.45) is 0 Å². The van der Waals surface area contributed by atoms with E-state index in [1.807, 2.05) is 0 Å². The number of carbonyl (C=O) groups excluding carboxylic acids is 1. The van der Waals surface area contributed by atoms with E-state index in [0.717, 1.165) is 13.0 Å². The second-order valence-electron chi connectivity index (χ2n) is 10.7. The molecule has 2 fully saturated rings. The molecule has 0 spiro atoms. The van der Waals surface area contributed by atoms with Gasteiger partial charge in [-0.15, -0.1) is 0 Å². The minimum atomic E-state index is -1.90. The van der Waals surface area contributed by atoms with Gasteiger partial charge in [-0.25, -0.2) is 0 Å². The molecular weight excluding hydrogens is 604 g/mol. The fourth-order valence-corrected chi connectivity index (χ4v) is 4.95. The summed E-state index contributed by atoms with van der Waals surface area (Å²) in [4.78, 5) is 25.1. The molecule has 0 amide bonds. The molecule has 0 unspecified atom stereocenters. The van der Waals surface area contributed by atoms with Crippen molar-refractivity contribution in [3.63, 3.8) is 0 Å². The molecule has 16 heteroatoms. The molecule has 2 aromatic carbocycles. The van der Waals surface area contributed by atoms with Gasteiger partial charge in [0.05, 0.1) is 6.10 Å². The summed E-state index contributed by atoms with van der Waals surface area (Å²) >= 11 is 0. The van der Waals surface area contributed by atoms with Crippen molar-refractivity contribution in [2.45, 2.75) is 75.3 Å². The molecule has 16 nitrogen and oxygen atoms in total. The van der Waals surface area contributed by atoms with Crippen LogP contribution in [0.2, 0.25) is 0 Å². The molecule has 0 aliphatic carbocycles. The molecular formula is C29H32O16. The minimum Gasteiger partial charge on any atom is -0.508 e. The van der Waals surface area contributed by atoms with Crippen molar-refractivity contribution in [1.29, 1.82) is 0 Å². The number of esters is 1. The van der Waals surface area contributed by atoms with E-state index < -0.39 is 96.3 Å². The number of phenolic OH excluding ortho intramolecular Hbond substituents is 2. The van der Waals surface area contributed by atoms with E-state index in [1.54, 1.807) is 0 Å². The molecule has 5 rings (SSSR count). The lowest BCUT2D eigenvalue weighted by Crippen LogP contribution is -2.60. The fourth-order valence-electron chi connectivity index (χ4n) is 4.95. The van der Waals surface area contributed by atoms with Gasteiger partial charge in [-0.3, -0.25) is 9.59 Å². The molecule has 0 radical (unpaired) electrons. The number of fused-ring (bicyclic) bond motifs is 1. The summed E-state index contributed by atoms with van der Waals surface area (Å²) in [5.41, 5.74) is -1.05. The number of phenols is 2. The smallest absolute Gasteiger partial charge is 0.302 e. The summed E-state index contributed by atoms with van der Waals surface area (Å²) in [6, 6.07) is 7.49. The zero-order chi connectivity index (χ0) is 32.7. The average Bonchev–Trinajstić information content (AvgIpc) is 2.99. The largest absolute Gasteiger partial charge is 0.508 e. The Kier molecular flexibility index (Phi) is 9.20. The highest BCUT2D eigenvalue weighted by molar-refractivity contribution is 5.88. The molecule has 2 saturated heterocycles. The van der Waals surface area contributed by atoms with E-state index >= 15 is 0 Å². The molecule has 2 aliphatic heterocycles. The van der Waals surface area contributed by atoms with E-state index in [0.29, 0.717) is 0 Å². The first-order chi connectivity index (χ1) is 21.3. The molecule has 3 heterocycles. The van der Waals surface area contributed by atoms with Gasteiger partial charge in [0.15, 0.2) is 5.76 Å². The number of aliphatic hydroxyl groups excluding tert-OH is 6. The summed E-state index contributed by atoms with van der Waals surface area (Å²) in [6.45, 7) is 2.04. The standard InChI is InChI=1S/C29H32O16/c1-10-19(33)22(36)24(38)28(41-10)42-14-7-15(32)18-16(8-14)43-26(12-3-5-13(31)6-4-12)27(21(18)35)45-29-25(39)23(37)20(34)17(44-29)9-40-11(2)30/h3-8,10,17,19-20,22-25,28-29,31-34,36-39H,9H2,1-2H3/t10-,17+,19-,20+,22+,23-,24+,25+,28-,29-/m0/s1. The highest BCUT2D eigenvalue weighted by Gasteiger charge is 2.46. The summed E-state index contributed by atoms with van der Waals surface area (Å²) in [6.07, 6.45) is -15.7. The SMILES string of the molecule is CC(=O)OC[C@H]1O[C@@H](Oc2c(-c3ccc(O)cc3)oc3cc(O[C@@H]4O[C@@H](C)[C@H](O)[C@@H](O)[C@H]4O)cc(O)c3c2=O)[C@H](O)[C@@H](O)[C@@H]1O. The van der Waals surface area contributed by atoms with Crippen molar-refractivity contribution in [3.05, 3.63) is 46.6 Å². The Morgan fingerprint density at radius 2 is 1.44 bits per heavy atom. The van der Waals surface area contributed by atoms with Gasteiger partial charge in [0, 0.05) is 24.6 Å². The van der Waals surface area contributed by atoms with E-state index in [9.17, 15) is 50.4 Å². The van der Waals surface area contributed by atoms with E-state index in [4.69, 9.17) is 28.1 Å². The Bertz CT molecular complexity index is 1590. The van der Waals surface area contributed by atoms with Gasteiger partial charge >= 0.3 is 5.97 Å². The number of benzene rings is 2. The number of rotatable bonds is 7. The van der Waals surface area contributed by atoms with Gasteiger partial charge in [0.25, 0.3) is 0 Å². The molecule has 3 aromatic rings. The Morgan fingerprint density at radius 3 is 2.09 bits per heavy atom. The third kappa shape index (κ3) is 6.40. The summed E-state index contributed by atoms with van der Waals surface area (Å²) in [7, 11) is 0. The Balaban J connectivity index is 1.56. The van der Waals surface area contributed by atoms with Crippen molar-refractivity contribution >= 4 is 16.9 Å². The predicted molar refractivity (Wildman–Crippen MR) is 148 cm³/mol. The summed E-state index contributed by atoms with van der Waals surface area (Å²) in [5.74, 6) is -2.55. The van der Waals surface area contributed by atoms with Gasteiger partial charge in [0.1, 0.15) is 77.6 Å². The third-order valence-corrected chi connectivity index (χ3v) is 7.45. The Morgan fingerprint density at radius 1 is 0.822 bits per heavy atom. The van der Waals surface area contributed by atoms with Crippen molar-refractivity contribution < 1.29 is 73.7 Å². The number of aliphatic hydroxyl groups is 6. The number of hydrogen-bond donors (Lipinski definition) is 8. The first-order valence-electron chi connectivity index (χ1n) is 13.8. The first-order valence-corrected chi connectivity index (χ1v) is 13.8. The summed E-state index contributed by atoms with van der Waals surface area (Å²) in [5, 5.41) is 82.0. The Hall–Kier alpha value is -4.00. The maximum atomic E-state index is 13.8. The van der Waals surface area contributed by atoms with Crippen LogP contribution in [0.25, 0.3) is 22.3 Å². The second kappa shape index (κ2) is 12.8. The van der Waals surface area contributed by atoms with Crippen LogP contribution in [0.5, 0.6) is 23.0 Å². The quantitative estimate of drug-likeness (QED) is 0.142. The topological polar surface area (TPSA) is 255 Å². The number of carbonyl (C=O) groups is 1. The molecule has 244 valence electrons. The van der Waals surface area contributed by atoms with Gasteiger partial charge in [-0.2, -0.15) is 0 Å². The lowest BCUT2D eigenvalue weighted by molar-refractivity contribution is -0.278. The third-order valence-electron chi connectivity index (χ3n) is 7.45. The van der Waals surface area contributed by atoms with Gasteiger partial charge in [-0.05, 0) is 31.2 Å². The van der Waals surface area contributed by atoms with Crippen molar-refractivity contribution in [2.75, 3.05) is 6.61 Å². The van der Waals surface area contributed by atoms with Crippen molar-refractivity contribution in [3.8, 4) is 34.3 Å². The van der Waals surface area contributed by atoms with E-state index in [2.05, 4.69) is 0 Å². The van der Waals surface area contributed by atoms with Crippen LogP contribution in [0.15, 0.2) is 45.6 Å². The molecule has 0 bridgehead atoms. The van der Waals surface area contributed by atoms with Crippen LogP contribution in [-0.4, -0.2) is 115 Å². The maximum absolute atomic E-state index is 13.8. The van der Waals surface area contributed by atoms with Gasteiger partial charge in [-0.1, -0.05) is 0 Å². The molecule has 0 saturated carbocycles. The lowest BCUT2D eigenvalue weighted by atomic mass is 9.99. The normalized spacial score (nSPS) is 31.8. The zero-order valence-corrected chi connectivity index (χ0v) is 23.8. The first kappa shape index (κ1) is 32.4. The maximum Gasteiger partial charge on any atom is 0.302 e.